The first kappa shape index (κ1) is 11.7. The van der Waals surface area contributed by atoms with Crippen LogP contribution in [0, 0.1) is 17.0 Å². The molecule has 0 fully saturated rings. The van der Waals surface area contributed by atoms with Crippen molar-refractivity contribution in [3.05, 3.63) is 44.9 Å². The molecule has 5 heteroatoms. The molecule has 0 bridgehead atoms. The van der Waals surface area contributed by atoms with Crippen molar-refractivity contribution in [1.29, 1.82) is 0 Å². The highest BCUT2D eigenvalue weighted by molar-refractivity contribution is 9.11. The molecule has 1 aromatic rings. The Balaban J connectivity index is 2.95. The van der Waals surface area contributed by atoms with Gasteiger partial charge in [0, 0.05) is 10.5 Å². The molecular formula is C10H10BrNO3. The van der Waals surface area contributed by atoms with Crippen LogP contribution in [-0.4, -0.2) is 11.5 Å². The van der Waals surface area contributed by atoms with E-state index in [1.807, 2.05) is 0 Å². The van der Waals surface area contributed by atoms with Crippen molar-refractivity contribution < 1.29 is 9.66 Å². The minimum absolute atomic E-state index is 0.0243. The van der Waals surface area contributed by atoms with Gasteiger partial charge in [0.15, 0.2) is 5.75 Å². The number of nitro benzene ring substituents is 1. The van der Waals surface area contributed by atoms with Gasteiger partial charge in [-0.2, -0.15) is 0 Å². The third-order valence-electron chi connectivity index (χ3n) is 1.70. The van der Waals surface area contributed by atoms with Crippen LogP contribution in [0.4, 0.5) is 5.69 Å². The Morgan fingerprint density at radius 1 is 1.67 bits per heavy atom. The van der Waals surface area contributed by atoms with Crippen molar-refractivity contribution in [3.8, 4) is 5.75 Å². The van der Waals surface area contributed by atoms with Crippen LogP contribution < -0.4 is 4.74 Å². The summed E-state index contributed by atoms with van der Waals surface area (Å²) in [7, 11) is 0. The number of nitrogens with zero attached hydrogens (tertiary/aromatic N) is 1. The smallest absolute Gasteiger partial charge is 0.311 e. The van der Waals surface area contributed by atoms with Gasteiger partial charge in [-0.1, -0.05) is 28.6 Å². The van der Waals surface area contributed by atoms with Crippen molar-refractivity contribution in [2.75, 3.05) is 6.61 Å². The molecule has 0 spiro atoms. The molecule has 0 aliphatic heterocycles. The molecule has 0 amide bonds. The summed E-state index contributed by atoms with van der Waals surface area (Å²) < 4.78 is 5.86. The van der Waals surface area contributed by atoms with Gasteiger partial charge in [0.1, 0.15) is 6.61 Å². The average Bonchev–Trinajstić information content (AvgIpc) is 2.15. The summed E-state index contributed by atoms with van der Waals surface area (Å²) in [6.07, 6.45) is 0. The second kappa shape index (κ2) is 4.93. The second-order valence-electron chi connectivity index (χ2n) is 3.03. The maximum atomic E-state index is 10.7. The monoisotopic (exact) mass is 271 g/mol. The van der Waals surface area contributed by atoms with Crippen LogP contribution in [0.1, 0.15) is 5.56 Å². The van der Waals surface area contributed by atoms with E-state index in [1.165, 1.54) is 6.07 Å². The van der Waals surface area contributed by atoms with Crippen LogP contribution in [0.25, 0.3) is 0 Å². The lowest BCUT2D eigenvalue weighted by molar-refractivity contribution is -0.385. The van der Waals surface area contributed by atoms with Crippen molar-refractivity contribution in [2.24, 2.45) is 0 Å². The number of benzene rings is 1. The number of halogens is 1. The summed E-state index contributed by atoms with van der Waals surface area (Å²) in [5, 5.41) is 10.7. The zero-order valence-corrected chi connectivity index (χ0v) is 9.78. The maximum absolute atomic E-state index is 10.7. The van der Waals surface area contributed by atoms with E-state index in [0.717, 1.165) is 5.56 Å². The Hall–Kier alpha value is -1.36. The molecular weight excluding hydrogens is 262 g/mol. The molecule has 0 aliphatic rings. The Bertz CT molecular complexity index is 404. The molecule has 1 aromatic carbocycles. The Morgan fingerprint density at radius 2 is 2.33 bits per heavy atom. The highest BCUT2D eigenvalue weighted by atomic mass is 79.9. The number of ether oxygens (including phenoxy) is 1. The van der Waals surface area contributed by atoms with Gasteiger partial charge < -0.3 is 4.74 Å². The van der Waals surface area contributed by atoms with Gasteiger partial charge >= 0.3 is 5.69 Å². The van der Waals surface area contributed by atoms with Crippen LogP contribution in [-0.2, 0) is 0 Å². The topological polar surface area (TPSA) is 52.4 Å². The maximum Gasteiger partial charge on any atom is 0.311 e. The Morgan fingerprint density at radius 3 is 2.87 bits per heavy atom. The summed E-state index contributed by atoms with van der Waals surface area (Å²) in [6.45, 7) is 5.59. The van der Waals surface area contributed by atoms with Gasteiger partial charge in [0.05, 0.1) is 4.92 Å². The van der Waals surface area contributed by atoms with Gasteiger partial charge in [-0.05, 0) is 18.6 Å². The molecule has 4 nitrogen and oxygen atoms in total. The molecule has 0 atom stereocenters. The van der Waals surface area contributed by atoms with Gasteiger partial charge in [-0.15, -0.1) is 0 Å². The first-order valence-electron chi connectivity index (χ1n) is 4.22. The van der Waals surface area contributed by atoms with Crippen LogP contribution in [0.5, 0.6) is 5.75 Å². The van der Waals surface area contributed by atoms with Crippen molar-refractivity contribution in [3.63, 3.8) is 0 Å². The molecule has 0 radical (unpaired) electrons. The van der Waals surface area contributed by atoms with E-state index in [0.29, 0.717) is 4.48 Å². The van der Waals surface area contributed by atoms with Crippen LogP contribution in [0.15, 0.2) is 29.3 Å². The standard InChI is InChI=1S/C10H10BrNO3/c1-7-3-4-10(15-6-8(2)11)9(5-7)12(13)14/h3-5H,2,6H2,1H3. The number of aryl methyl sites for hydroxylation is 1. The largest absolute Gasteiger partial charge is 0.481 e. The number of hydrogen-bond acceptors (Lipinski definition) is 3. The highest BCUT2D eigenvalue weighted by Crippen LogP contribution is 2.28. The summed E-state index contributed by atoms with van der Waals surface area (Å²) in [5.74, 6) is 0.256. The van der Waals surface area contributed by atoms with Crippen LogP contribution in [0.3, 0.4) is 0 Å². The van der Waals surface area contributed by atoms with Gasteiger partial charge in [-0.3, -0.25) is 10.1 Å². The van der Waals surface area contributed by atoms with E-state index in [9.17, 15) is 10.1 Å². The average molecular weight is 272 g/mol. The van der Waals surface area contributed by atoms with E-state index in [-0.39, 0.29) is 18.0 Å². The molecule has 80 valence electrons. The molecule has 15 heavy (non-hydrogen) atoms. The van der Waals surface area contributed by atoms with Gasteiger partial charge in [0.25, 0.3) is 0 Å². The zero-order valence-electron chi connectivity index (χ0n) is 8.20. The first-order valence-corrected chi connectivity index (χ1v) is 5.01. The van der Waals surface area contributed by atoms with Crippen molar-refractivity contribution in [1.82, 2.24) is 0 Å². The van der Waals surface area contributed by atoms with E-state index in [2.05, 4.69) is 22.5 Å². The first-order chi connectivity index (χ1) is 7.00. The van der Waals surface area contributed by atoms with E-state index in [4.69, 9.17) is 4.74 Å². The third kappa shape index (κ3) is 3.36. The fourth-order valence-corrected chi connectivity index (χ4v) is 1.16. The Kier molecular flexibility index (Phi) is 3.85. The predicted octanol–water partition coefficient (Wildman–Crippen LogP) is 3.19. The number of rotatable bonds is 4. The van der Waals surface area contributed by atoms with Crippen LogP contribution >= 0.6 is 15.9 Å². The van der Waals surface area contributed by atoms with Crippen molar-refractivity contribution >= 4 is 21.6 Å². The van der Waals surface area contributed by atoms with Gasteiger partial charge in [-0.25, -0.2) is 0 Å². The molecule has 0 N–H and O–H groups in total. The SMILES string of the molecule is C=C(Br)COc1ccc(C)cc1[N+](=O)[O-]. The summed E-state index contributed by atoms with van der Waals surface area (Å²) in [6, 6.07) is 4.83. The molecule has 0 aliphatic carbocycles. The predicted molar refractivity (Wildman–Crippen MR) is 61.4 cm³/mol. The summed E-state index contributed by atoms with van der Waals surface area (Å²) in [5.41, 5.74) is 0.801. The lowest BCUT2D eigenvalue weighted by atomic mass is 10.2. The van der Waals surface area contributed by atoms with E-state index < -0.39 is 4.92 Å². The minimum Gasteiger partial charge on any atom is -0.481 e. The molecule has 0 unspecified atom stereocenters. The quantitative estimate of drug-likeness (QED) is 0.624. The molecule has 1 rings (SSSR count). The normalized spacial score (nSPS) is 9.73. The highest BCUT2D eigenvalue weighted by Gasteiger charge is 2.14. The Labute approximate surface area is 95.8 Å². The van der Waals surface area contributed by atoms with E-state index >= 15 is 0 Å². The molecule has 0 saturated carbocycles. The van der Waals surface area contributed by atoms with Gasteiger partial charge in [0.2, 0.25) is 0 Å². The molecule has 0 aromatic heterocycles. The molecule has 0 heterocycles. The minimum atomic E-state index is -0.459. The molecule has 0 saturated heterocycles. The lowest BCUT2D eigenvalue weighted by Gasteiger charge is -2.05. The zero-order chi connectivity index (χ0) is 11.4. The third-order valence-corrected chi connectivity index (χ3v) is 1.92. The lowest BCUT2D eigenvalue weighted by Crippen LogP contribution is -2.00. The number of hydrogen-bond donors (Lipinski definition) is 0. The second-order valence-corrected chi connectivity index (χ2v) is 4.16. The number of nitro groups is 1. The van der Waals surface area contributed by atoms with E-state index in [1.54, 1.807) is 19.1 Å². The summed E-state index contributed by atoms with van der Waals surface area (Å²) >= 11 is 3.12. The fraction of sp³-hybridized carbons (Fsp3) is 0.200. The fourth-order valence-electron chi connectivity index (χ4n) is 1.05. The van der Waals surface area contributed by atoms with Crippen molar-refractivity contribution in [2.45, 2.75) is 6.92 Å². The van der Waals surface area contributed by atoms with Crippen LogP contribution in [0.2, 0.25) is 0 Å². The summed E-state index contributed by atoms with van der Waals surface area (Å²) in [4.78, 5) is 10.3.